The van der Waals surface area contributed by atoms with Crippen LogP contribution in [0.1, 0.15) is 48.9 Å². The number of rotatable bonds is 5. The van der Waals surface area contributed by atoms with Crippen LogP contribution in [0, 0.1) is 11.8 Å². The summed E-state index contributed by atoms with van der Waals surface area (Å²) in [5, 5.41) is 6.09. The Morgan fingerprint density at radius 2 is 1.92 bits per heavy atom. The summed E-state index contributed by atoms with van der Waals surface area (Å²) in [7, 11) is -1.88. The van der Waals surface area contributed by atoms with Gasteiger partial charge in [0, 0.05) is 31.7 Å². The first kappa shape index (κ1) is 17.8. The van der Waals surface area contributed by atoms with Crippen LogP contribution in [0.2, 0.25) is 0 Å². The van der Waals surface area contributed by atoms with E-state index in [2.05, 4.69) is 10.6 Å². The van der Waals surface area contributed by atoms with Gasteiger partial charge in [0.15, 0.2) is 0 Å². The monoisotopic (exact) mass is 377 g/mol. The lowest BCUT2D eigenvalue weighted by Crippen LogP contribution is -2.38. The van der Waals surface area contributed by atoms with E-state index in [0.29, 0.717) is 30.3 Å². The Hall–Kier alpha value is -1.60. The number of hydrogen-bond donors (Lipinski definition) is 2. The molecule has 1 saturated heterocycles. The summed E-state index contributed by atoms with van der Waals surface area (Å²) >= 11 is 0. The van der Waals surface area contributed by atoms with Crippen LogP contribution in [0.5, 0.6) is 0 Å². The molecule has 3 fully saturated rings. The SMILES string of the molecule is CNc1ccc(C(=O)N[C@@H]2C[C@H]3CC[C@@H]2C3)cc1S(=O)(=O)N1CCCC1. The number of sulfonamides is 1. The molecular weight excluding hydrogens is 350 g/mol. The topological polar surface area (TPSA) is 78.5 Å². The summed E-state index contributed by atoms with van der Waals surface area (Å²) in [5.41, 5.74) is 0.956. The molecule has 0 unspecified atom stereocenters. The highest BCUT2D eigenvalue weighted by Crippen LogP contribution is 2.44. The van der Waals surface area contributed by atoms with Crippen LogP contribution in [0.15, 0.2) is 23.1 Å². The molecule has 1 amide bonds. The Kier molecular flexibility index (Phi) is 4.69. The van der Waals surface area contributed by atoms with Gasteiger partial charge in [-0.2, -0.15) is 4.31 Å². The minimum Gasteiger partial charge on any atom is -0.387 e. The minimum atomic E-state index is -3.58. The van der Waals surface area contributed by atoms with Gasteiger partial charge in [-0.15, -0.1) is 0 Å². The first-order valence-corrected chi connectivity index (χ1v) is 11.1. The highest BCUT2D eigenvalue weighted by atomic mass is 32.2. The molecule has 2 saturated carbocycles. The number of amides is 1. The Morgan fingerprint density at radius 1 is 1.15 bits per heavy atom. The molecule has 26 heavy (non-hydrogen) atoms. The van der Waals surface area contributed by atoms with E-state index >= 15 is 0 Å². The van der Waals surface area contributed by atoms with Crippen molar-refractivity contribution < 1.29 is 13.2 Å². The molecule has 1 aromatic carbocycles. The summed E-state index contributed by atoms with van der Waals surface area (Å²) < 4.78 is 27.5. The summed E-state index contributed by atoms with van der Waals surface area (Å²) in [4.78, 5) is 12.9. The second-order valence-corrected chi connectivity index (χ2v) is 9.73. The van der Waals surface area contributed by atoms with E-state index in [0.717, 1.165) is 25.2 Å². The van der Waals surface area contributed by atoms with E-state index < -0.39 is 10.0 Å². The first-order chi connectivity index (χ1) is 12.5. The molecule has 2 aliphatic carbocycles. The van der Waals surface area contributed by atoms with Gasteiger partial charge in [-0.3, -0.25) is 4.79 Å². The van der Waals surface area contributed by atoms with Gasteiger partial charge in [0.1, 0.15) is 4.90 Å². The number of carbonyl (C=O) groups excluding carboxylic acids is 1. The van der Waals surface area contributed by atoms with Crippen molar-refractivity contribution in [1.82, 2.24) is 9.62 Å². The van der Waals surface area contributed by atoms with Crippen molar-refractivity contribution in [2.45, 2.75) is 49.5 Å². The van der Waals surface area contributed by atoms with Crippen LogP contribution < -0.4 is 10.6 Å². The molecule has 3 aliphatic rings. The third kappa shape index (κ3) is 3.11. The van der Waals surface area contributed by atoms with Crippen LogP contribution in [-0.4, -0.2) is 44.8 Å². The van der Waals surface area contributed by atoms with Crippen molar-refractivity contribution in [3.05, 3.63) is 23.8 Å². The maximum Gasteiger partial charge on any atom is 0.251 e. The fraction of sp³-hybridized carbons (Fsp3) is 0.632. The number of fused-ring (bicyclic) bond motifs is 2. The lowest BCUT2D eigenvalue weighted by atomic mass is 9.95. The maximum atomic E-state index is 13.0. The molecule has 1 aromatic rings. The van der Waals surface area contributed by atoms with E-state index in [1.807, 2.05) is 0 Å². The minimum absolute atomic E-state index is 0.164. The molecule has 3 atom stereocenters. The van der Waals surface area contributed by atoms with Crippen LogP contribution in [0.25, 0.3) is 0 Å². The number of anilines is 1. The number of nitrogens with one attached hydrogen (secondary N) is 2. The molecule has 1 heterocycles. The van der Waals surface area contributed by atoms with Crippen molar-refractivity contribution in [1.29, 1.82) is 0 Å². The van der Waals surface area contributed by atoms with E-state index in [-0.39, 0.29) is 16.8 Å². The Morgan fingerprint density at radius 3 is 2.54 bits per heavy atom. The average molecular weight is 378 g/mol. The predicted octanol–water partition coefficient (Wildman–Crippen LogP) is 2.43. The average Bonchev–Trinajstić information content (AvgIpc) is 3.39. The van der Waals surface area contributed by atoms with Gasteiger partial charge >= 0.3 is 0 Å². The fourth-order valence-electron chi connectivity index (χ4n) is 4.82. The first-order valence-electron chi connectivity index (χ1n) is 9.62. The zero-order chi connectivity index (χ0) is 18.3. The molecule has 0 spiro atoms. The number of hydrogen-bond acceptors (Lipinski definition) is 4. The predicted molar refractivity (Wildman–Crippen MR) is 101 cm³/mol. The third-order valence-corrected chi connectivity index (χ3v) is 8.19. The van der Waals surface area contributed by atoms with Gasteiger partial charge < -0.3 is 10.6 Å². The molecule has 0 aromatic heterocycles. The molecule has 1 aliphatic heterocycles. The highest BCUT2D eigenvalue weighted by molar-refractivity contribution is 7.89. The van der Waals surface area contributed by atoms with Gasteiger partial charge in [-0.05, 0) is 62.1 Å². The second-order valence-electron chi connectivity index (χ2n) is 7.83. The Labute approximate surface area is 155 Å². The van der Waals surface area contributed by atoms with Crippen molar-refractivity contribution in [2.24, 2.45) is 11.8 Å². The van der Waals surface area contributed by atoms with E-state index in [9.17, 15) is 13.2 Å². The fourth-order valence-corrected chi connectivity index (χ4v) is 6.57. The van der Waals surface area contributed by atoms with Crippen LogP contribution in [0.3, 0.4) is 0 Å². The standard InChI is InChI=1S/C19H27N3O3S/c1-20-16-7-6-15(12-18(16)26(24,25)22-8-2-3-9-22)19(23)21-17-11-13-4-5-14(17)10-13/h6-7,12-14,17,20H,2-5,8-11H2,1H3,(H,21,23)/t13-,14+,17+/m0/s1. The van der Waals surface area contributed by atoms with Crippen LogP contribution in [0.4, 0.5) is 5.69 Å². The second kappa shape index (κ2) is 6.85. The van der Waals surface area contributed by atoms with E-state index in [4.69, 9.17) is 0 Å². The smallest absolute Gasteiger partial charge is 0.251 e. The lowest BCUT2D eigenvalue weighted by Gasteiger charge is -2.23. The summed E-state index contributed by atoms with van der Waals surface area (Å²) in [5.74, 6) is 1.18. The quantitative estimate of drug-likeness (QED) is 0.826. The van der Waals surface area contributed by atoms with Crippen molar-refractivity contribution in [2.75, 3.05) is 25.5 Å². The van der Waals surface area contributed by atoms with Crippen molar-refractivity contribution >= 4 is 21.6 Å². The Bertz CT molecular complexity index is 802. The summed E-state index contributed by atoms with van der Waals surface area (Å²) in [6.07, 6.45) is 6.54. The third-order valence-electron chi connectivity index (χ3n) is 6.25. The largest absolute Gasteiger partial charge is 0.387 e. The molecule has 2 bridgehead atoms. The number of nitrogens with zero attached hydrogens (tertiary/aromatic N) is 1. The molecule has 6 nitrogen and oxygen atoms in total. The molecule has 142 valence electrons. The Balaban J connectivity index is 1.58. The van der Waals surface area contributed by atoms with Gasteiger partial charge in [0.2, 0.25) is 10.0 Å². The maximum absolute atomic E-state index is 13.0. The summed E-state index contributed by atoms with van der Waals surface area (Å²) in [6.45, 7) is 1.10. The van der Waals surface area contributed by atoms with E-state index in [1.165, 1.54) is 29.6 Å². The molecule has 7 heteroatoms. The zero-order valence-corrected chi connectivity index (χ0v) is 16.0. The summed E-state index contributed by atoms with van der Waals surface area (Å²) in [6, 6.07) is 5.17. The highest BCUT2D eigenvalue weighted by Gasteiger charge is 2.40. The van der Waals surface area contributed by atoms with Crippen LogP contribution in [-0.2, 0) is 10.0 Å². The van der Waals surface area contributed by atoms with Gasteiger partial charge in [0.05, 0.1) is 5.69 Å². The number of benzene rings is 1. The molecular formula is C19H27N3O3S. The van der Waals surface area contributed by atoms with Crippen molar-refractivity contribution in [3.8, 4) is 0 Å². The van der Waals surface area contributed by atoms with Gasteiger partial charge in [-0.25, -0.2) is 8.42 Å². The van der Waals surface area contributed by atoms with E-state index in [1.54, 1.807) is 19.2 Å². The number of carbonyl (C=O) groups is 1. The normalized spacial score (nSPS) is 28.4. The lowest BCUT2D eigenvalue weighted by molar-refractivity contribution is 0.0922. The molecule has 2 N–H and O–H groups in total. The van der Waals surface area contributed by atoms with Gasteiger partial charge in [0.25, 0.3) is 5.91 Å². The van der Waals surface area contributed by atoms with Gasteiger partial charge in [-0.1, -0.05) is 6.42 Å². The molecule has 0 radical (unpaired) electrons. The van der Waals surface area contributed by atoms with Crippen molar-refractivity contribution in [3.63, 3.8) is 0 Å². The zero-order valence-electron chi connectivity index (χ0n) is 15.2. The van der Waals surface area contributed by atoms with Crippen LogP contribution >= 0.6 is 0 Å². The molecule has 4 rings (SSSR count).